The van der Waals surface area contributed by atoms with E-state index in [2.05, 4.69) is 34.2 Å². The zero-order chi connectivity index (χ0) is 19.2. The number of amides is 1. The van der Waals surface area contributed by atoms with E-state index in [-0.39, 0.29) is 12.5 Å². The van der Waals surface area contributed by atoms with Crippen molar-refractivity contribution in [2.45, 2.75) is 20.8 Å². The Hall–Kier alpha value is -2.53. The van der Waals surface area contributed by atoms with E-state index in [9.17, 15) is 4.79 Å². The lowest BCUT2D eigenvalue weighted by atomic mass is 10.1. The predicted octanol–water partition coefficient (Wildman–Crippen LogP) is 3.46. The molecule has 1 saturated heterocycles. The number of nitrogens with zero attached hydrogens (tertiary/aromatic N) is 2. The van der Waals surface area contributed by atoms with Gasteiger partial charge in [0, 0.05) is 37.6 Å². The topological polar surface area (TPSA) is 44.8 Å². The molecule has 0 spiro atoms. The molecule has 144 valence electrons. The second-order valence-corrected chi connectivity index (χ2v) is 7.00. The van der Waals surface area contributed by atoms with Crippen molar-refractivity contribution in [1.29, 1.82) is 0 Å². The van der Waals surface area contributed by atoms with Gasteiger partial charge in [-0.25, -0.2) is 0 Å². The first kappa shape index (κ1) is 19.2. The van der Waals surface area contributed by atoms with Crippen LogP contribution < -0.4 is 15.0 Å². The summed E-state index contributed by atoms with van der Waals surface area (Å²) in [4.78, 5) is 17.0. The van der Waals surface area contributed by atoms with E-state index in [0.29, 0.717) is 0 Å². The van der Waals surface area contributed by atoms with Gasteiger partial charge in [0.25, 0.3) is 5.91 Å². The number of benzene rings is 2. The molecule has 0 unspecified atom stereocenters. The van der Waals surface area contributed by atoms with Gasteiger partial charge in [-0.15, -0.1) is 0 Å². The Balaban J connectivity index is 1.50. The van der Waals surface area contributed by atoms with Crippen molar-refractivity contribution in [2.75, 3.05) is 49.5 Å². The Morgan fingerprint density at radius 2 is 1.74 bits per heavy atom. The maximum atomic E-state index is 12.2. The average molecular weight is 367 g/mol. The lowest BCUT2D eigenvalue weighted by molar-refractivity contribution is -0.118. The van der Waals surface area contributed by atoms with Gasteiger partial charge >= 0.3 is 0 Å². The van der Waals surface area contributed by atoms with Gasteiger partial charge in [0.1, 0.15) is 5.75 Å². The number of hydrogen-bond acceptors (Lipinski definition) is 4. The third-order valence-electron chi connectivity index (χ3n) is 5.25. The van der Waals surface area contributed by atoms with Gasteiger partial charge < -0.3 is 19.9 Å². The van der Waals surface area contributed by atoms with E-state index in [1.54, 1.807) is 0 Å². The molecule has 27 heavy (non-hydrogen) atoms. The molecule has 5 heteroatoms. The fraction of sp³-hybridized carbons (Fsp3) is 0.409. The molecular formula is C22H29N3O2. The average Bonchev–Trinajstić information content (AvgIpc) is 2.70. The van der Waals surface area contributed by atoms with Crippen LogP contribution in [0.25, 0.3) is 0 Å². The number of rotatable bonds is 6. The van der Waals surface area contributed by atoms with Crippen LogP contribution in [-0.2, 0) is 4.79 Å². The molecule has 0 saturated carbocycles. The van der Waals surface area contributed by atoms with Crippen molar-refractivity contribution in [1.82, 2.24) is 4.90 Å². The maximum absolute atomic E-state index is 12.2. The highest BCUT2D eigenvalue weighted by Gasteiger charge is 2.15. The summed E-state index contributed by atoms with van der Waals surface area (Å²) in [6.07, 6.45) is 0. The smallest absolute Gasteiger partial charge is 0.262 e. The quantitative estimate of drug-likeness (QED) is 0.849. The molecule has 0 aromatic heterocycles. The van der Waals surface area contributed by atoms with Crippen LogP contribution >= 0.6 is 0 Å². The third kappa shape index (κ3) is 5.01. The Morgan fingerprint density at radius 3 is 2.41 bits per heavy atom. The molecule has 0 aliphatic carbocycles. The second kappa shape index (κ2) is 8.91. The van der Waals surface area contributed by atoms with Gasteiger partial charge in [-0.1, -0.05) is 19.1 Å². The number of likely N-dealkylation sites (N-methyl/N-ethyl adjacent to an activating group) is 1. The highest BCUT2D eigenvalue weighted by molar-refractivity contribution is 5.92. The molecule has 5 nitrogen and oxygen atoms in total. The van der Waals surface area contributed by atoms with E-state index < -0.39 is 0 Å². The number of piperazine rings is 1. The number of anilines is 2. The summed E-state index contributed by atoms with van der Waals surface area (Å²) >= 11 is 0. The van der Waals surface area contributed by atoms with E-state index >= 15 is 0 Å². The summed E-state index contributed by atoms with van der Waals surface area (Å²) < 4.78 is 5.67. The highest BCUT2D eigenvalue weighted by atomic mass is 16.5. The van der Waals surface area contributed by atoms with Crippen LogP contribution in [-0.4, -0.2) is 50.1 Å². The number of hydrogen-bond donors (Lipinski definition) is 1. The first-order valence-corrected chi connectivity index (χ1v) is 9.63. The molecule has 1 amide bonds. The van der Waals surface area contributed by atoms with Crippen LogP contribution in [0.1, 0.15) is 18.1 Å². The van der Waals surface area contributed by atoms with Crippen molar-refractivity contribution >= 4 is 17.3 Å². The maximum Gasteiger partial charge on any atom is 0.262 e. The standard InChI is InChI=1S/C22H29N3O2/c1-4-24-12-14-25(15-13-24)20-10-8-19(9-11-20)23-22(26)16-27-21-7-5-6-17(2)18(21)3/h5-11H,4,12-16H2,1-3H3,(H,23,26). The second-order valence-electron chi connectivity index (χ2n) is 7.00. The minimum atomic E-state index is -0.153. The summed E-state index contributed by atoms with van der Waals surface area (Å²) in [5.41, 5.74) is 4.22. The number of carbonyl (C=O) groups is 1. The first-order valence-electron chi connectivity index (χ1n) is 9.63. The normalized spacial score (nSPS) is 14.9. The van der Waals surface area contributed by atoms with Crippen LogP contribution in [0.3, 0.4) is 0 Å². The summed E-state index contributed by atoms with van der Waals surface area (Å²) in [6.45, 7) is 11.7. The Kier molecular flexibility index (Phi) is 6.35. The number of ether oxygens (including phenoxy) is 1. The summed E-state index contributed by atoms with van der Waals surface area (Å²) in [5, 5.41) is 2.90. The number of carbonyl (C=O) groups excluding carboxylic acids is 1. The summed E-state index contributed by atoms with van der Waals surface area (Å²) in [7, 11) is 0. The molecule has 1 aliphatic rings. The minimum Gasteiger partial charge on any atom is -0.483 e. The predicted molar refractivity (Wildman–Crippen MR) is 111 cm³/mol. The lowest BCUT2D eigenvalue weighted by Crippen LogP contribution is -2.46. The van der Waals surface area contributed by atoms with E-state index in [4.69, 9.17) is 4.74 Å². The van der Waals surface area contributed by atoms with Crippen LogP contribution in [0.15, 0.2) is 42.5 Å². The Morgan fingerprint density at radius 1 is 1.04 bits per heavy atom. The Labute approximate surface area is 161 Å². The molecule has 3 rings (SSSR count). The zero-order valence-electron chi connectivity index (χ0n) is 16.5. The van der Waals surface area contributed by atoms with Crippen LogP contribution in [0.5, 0.6) is 5.75 Å². The molecule has 1 fully saturated rings. The van der Waals surface area contributed by atoms with Crippen molar-refractivity contribution < 1.29 is 9.53 Å². The van der Waals surface area contributed by atoms with Gasteiger partial charge in [-0.2, -0.15) is 0 Å². The van der Waals surface area contributed by atoms with Gasteiger partial charge in [-0.05, 0) is 61.9 Å². The first-order chi connectivity index (χ1) is 13.1. The highest BCUT2D eigenvalue weighted by Crippen LogP contribution is 2.21. The molecule has 1 N–H and O–H groups in total. The molecular weight excluding hydrogens is 338 g/mol. The van der Waals surface area contributed by atoms with Crippen LogP contribution in [0, 0.1) is 13.8 Å². The minimum absolute atomic E-state index is 0.00498. The largest absolute Gasteiger partial charge is 0.483 e. The fourth-order valence-corrected chi connectivity index (χ4v) is 3.30. The number of aryl methyl sites for hydroxylation is 1. The fourth-order valence-electron chi connectivity index (χ4n) is 3.30. The third-order valence-corrected chi connectivity index (χ3v) is 5.25. The molecule has 0 bridgehead atoms. The van der Waals surface area contributed by atoms with Crippen LogP contribution in [0.4, 0.5) is 11.4 Å². The molecule has 1 heterocycles. The van der Waals surface area contributed by atoms with E-state index in [1.807, 2.05) is 44.2 Å². The summed E-state index contributed by atoms with van der Waals surface area (Å²) in [6, 6.07) is 13.9. The SMILES string of the molecule is CCN1CCN(c2ccc(NC(=O)COc3cccc(C)c3C)cc2)CC1. The zero-order valence-corrected chi connectivity index (χ0v) is 16.5. The van der Waals surface area contributed by atoms with E-state index in [0.717, 1.165) is 55.3 Å². The Bertz CT molecular complexity index is 766. The molecule has 1 aliphatic heterocycles. The number of nitrogens with one attached hydrogen (secondary N) is 1. The lowest BCUT2D eigenvalue weighted by Gasteiger charge is -2.35. The van der Waals surface area contributed by atoms with Crippen molar-refractivity contribution in [3.05, 3.63) is 53.6 Å². The molecule has 2 aromatic carbocycles. The summed E-state index contributed by atoms with van der Waals surface area (Å²) in [5.74, 6) is 0.604. The van der Waals surface area contributed by atoms with Gasteiger partial charge in [-0.3, -0.25) is 4.79 Å². The van der Waals surface area contributed by atoms with Crippen molar-refractivity contribution in [3.63, 3.8) is 0 Å². The molecule has 0 atom stereocenters. The molecule has 0 radical (unpaired) electrons. The van der Waals surface area contributed by atoms with Gasteiger partial charge in [0.05, 0.1) is 0 Å². The monoisotopic (exact) mass is 367 g/mol. The molecule has 2 aromatic rings. The van der Waals surface area contributed by atoms with Gasteiger partial charge in [0.15, 0.2) is 6.61 Å². The van der Waals surface area contributed by atoms with Crippen LogP contribution in [0.2, 0.25) is 0 Å². The van der Waals surface area contributed by atoms with E-state index in [1.165, 1.54) is 5.69 Å². The van der Waals surface area contributed by atoms with Crippen molar-refractivity contribution in [3.8, 4) is 5.75 Å². The van der Waals surface area contributed by atoms with Gasteiger partial charge in [0.2, 0.25) is 0 Å². The van der Waals surface area contributed by atoms with Crippen molar-refractivity contribution in [2.24, 2.45) is 0 Å².